The molecule has 1 rings (SSSR count). The van der Waals surface area contributed by atoms with Gasteiger partial charge in [0.1, 0.15) is 0 Å². The highest BCUT2D eigenvalue weighted by Crippen LogP contribution is 1.64. The summed E-state index contributed by atoms with van der Waals surface area (Å²) in [5.41, 5.74) is 0. The Morgan fingerprint density at radius 1 is 1.20 bits per heavy atom. The Hall–Kier alpha value is -0.300. The molecule has 0 saturated carbocycles. The average molecular weight is 70.1 g/mol. The lowest BCUT2D eigenvalue weighted by molar-refractivity contribution is -0.629. The van der Waals surface area contributed by atoms with Gasteiger partial charge in [-0.25, -0.2) is 0 Å². The third-order valence-electron chi connectivity index (χ3n) is 0.772. The number of hydrogen-bond donors (Lipinski definition) is 1. The van der Waals surface area contributed by atoms with Gasteiger partial charge in [-0.15, -0.1) is 0 Å². The minimum atomic E-state index is 1.19. The van der Waals surface area contributed by atoms with E-state index in [9.17, 15) is 0 Å². The fourth-order valence-corrected chi connectivity index (χ4v) is 0.481. The predicted octanol–water partition coefficient (Wildman–Crippen LogP) is -0.880. The van der Waals surface area contributed by atoms with E-state index in [0.29, 0.717) is 0 Å². The van der Waals surface area contributed by atoms with Crippen molar-refractivity contribution in [3.63, 3.8) is 0 Å². The van der Waals surface area contributed by atoms with E-state index in [1.54, 1.807) is 0 Å². The van der Waals surface area contributed by atoms with Gasteiger partial charge >= 0.3 is 0 Å². The van der Waals surface area contributed by atoms with E-state index in [0.717, 1.165) is 0 Å². The normalized spacial score (nSPS) is 20.8. The Bertz CT molecular complexity index is 41.6. The van der Waals surface area contributed by atoms with Gasteiger partial charge in [0.15, 0.2) is 0 Å². The number of hydrogen-bond acceptors (Lipinski definition) is 0. The van der Waals surface area contributed by atoms with Gasteiger partial charge in [-0.1, -0.05) is 0 Å². The van der Waals surface area contributed by atoms with Crippen LogP contribution >= 0.6 is 0 Å². The molecular weight excluding hydrogens is 62.1 g/mol. The monoisotopic (exact) mass is 70.1 g/mol. The van der Waals surface area contributed by atoms with Crippen molar-refractivity contribution in [2.24, 2.45) is 0 Å². The average Bonchev–Trinajstić information content (AvgIpc) is 1.76. The summed E-state index contributed by atoms with van der Waals surface area (Å²) in [5.74, 6) is 0. The Morgan fingerprint density at radius 2 is 1.80 bits per heavy atom. The second kappa shape index (κ2) is 1.22. The summed E-state index contributed by atoms with van der Waals surface area (Å²) in [4.78, 5) is 0. The van der Waals surface area contributed by atoms with Crippen LogP contribution in [0.5, 0.6) is 0 Å². The summed E-state index contributed by atoms with van der Waals surface area (Å²) in [6.45, 7) is 2.39. The molecule has 0 aromatic rings. The zero-order valence-electron chi connectivity index (χ0n) is 3.15. The van der Waals surface area contributed by atoms with E-state index in [-0.39, 0.29) is 0 Å². The third-order valence-corrected chi connectivity index (χ3v) is 0.772. The van der Waals surface area contributed by atoms with Crippen LogP contribution in [0.25, 0.3) is 0 Å². The molecule has 1 heteroatoms. The van der Waals surface area contributed by atoms with Crippen LogP contribution < -0.4 is 5.32 Å². The maximum Gasteiger partial charge on any atom is 0.0946 e. The third kappa shape index (κ3) is 0.484. The van der Waals surface area contributed by atoms with Crippen molar-refractivity contribution >= 4 is 0 Å². The van der Waals surface area contributed by atoms with E-state index < -0.39 is 0 Å². The minimum absolute atomic E-state index is 1.19. The molecule has 28 valence electrons. The lowest BCUT2D eigenvalue weighted by Gasteiger charge is -1.74. The number of quaternary nitrogens is 1. The Labute approximate surface area is 31.7 Å². The van der Waals surface area contributed by atoms with Gasteiger partial charge < -0.3 is 5.32 Å². The first kappa shape index (κ1) is 2.91. The van der Waals surface area contributed by atoms with Crippen molar-refractivity contribution < 1.29 is 5.32 Å². The van der Waals surface area contributed by atoms with E-state index in [1.165, 1.54) is 13.1 Å². The SMILES string of the molecule is C1=CC[NH2+]C1. The summed E-state index contributed by atoms with van der Waals surface area (Å²) >= 11 is 0. The first-order valence-electron chi connectivity index (χ1n) is 1.97. The molecule has 0 aromatic heterocycles. The van der Waals surface area contributed by atoms with Crippen LogP contribution in [0, 0.1) is 0 Å². The lowest BCUT2D eigenvalue weighted by Crippen LogP contribution is -2.81. The van der Waals surface area contributed by atoms with Crippen LogP contribution in [-0.2, 0) is 0 Å². The van der Waals surface area contributed by atoms with Crippen molar-refractivity contribution in [2.75, 3.05) is 13.1 Å². The molecule has 0 aromatic carbocycles. The minimum Gasteiger partial charge on any atom is -0.340 e. The van der Waals surface area contributed by atoms with Gasteiger partial charge in [0.2, 0.25) is 0 Å². The van der Waals surface area contributed by atoms with Gasteiger partial charge in [0, 0.05) is 0 Å². The van der Waals surface area contributed by atoms with Gasteiger partial charge in [-0.05, 0) is 12.2 Å². The molecule has 0 fully saturated rings. The van der Waals surface area contributed by atoms with E-state index >= 15 is 0 Å². The first-order chi connectivity index (χ1) is 2.50. The molecule has 1 heterocycles. The van der Waals surface area contributed by atoms with Crippen molar-refractivity contribution in [2.45, 2.75) is 0 Å². The van der Waals surface area contributed by atoms with Crippen LogP contribution in [0.3, 0.4) is 0 Å². The maximum atomic E-state index is 2.25. The lowest BCUT2D eigenvalue weighted by atomic mass is 10.6. The largest absolute Gasteiger partial charge is 0.340 e. The molecule has 1 nitrogen and oxygen atoms in total. The molecule has 1 aliphatic rings. The highest BCUT2D eigenvalue weighted by atomic mass is 14.9. The van der Waals surface area contributed by atoms with Gasteiger partial charge in [-0.3, -0.25) is 0 Å². The summed E-state index contributed by atoms with van der Waals surface area (Å²) in [5, 5.41) is 2.25. The van der Waals surface area contributed by atoms with Crippen LogP contribution in [0.1, 0.15) is 0 Å². The molecule has 0 unspecified atom stereocenters. The summed E-state index contributed by atoms with van der Waals surface area (Å²) in [6, 6.07) is 0. The quantitative estimate of drug-likeness (QED) is 0.356. The smallest absolute Gasteiger partial charge is 0.0946 e. The first-order valence-corrected chi connectivity index (χ1v) is 1.97. The Balaban J connectivity index is 2.32. The molecule has 0 saturated heterocycles. The van der Waals surface area contributed by atoms with Crippen molar-refractivity contribution in [3.05, 3.63) is 12.2 Å². The number of nitrogens with two attached hydrogens (primary N) is 1. The molecule has 1 aliphatic heterocycles. The highest BCUT2D eigenvalue weighted by molar-refractivity contribution is 4.83. The second-order valence-electron chi connectivity index (χ2n) is 1.23. The standard InChI is InChI=1S/C4H7N/c1-2-4-5-3-1/h1-2,5H,3-4H2/p+1. The van der Waals surface area contributed by atoms with Crippen molar-refractivity contribution in [1.29, 1.82) is 0 Å². The summed E-state index contributed by atoms with van der Waals surface area (Å²) in [7, 11) is 0. The predicted molar refractivity (Wildman–Crippen MR) is 20.8 cm³/mol. The van der Waals surface area contributed by atoms with Crippen LogP contribution in [0.15, 0.2) is 12.2 Å². The fourth-order valence-electron chi connectivity index (χ4n) is 0.481. The van der Waals surface area contributed by atoms with Gasteiger partial charge in [-0.2, -0.15) is 0 Å². The van der Waals surface area contributed by atoms with Crippen LogP contribution in [0.2, 0.25) is 0 Å². The van der Waals surface area contributed by atoms with Crippen LogP contribution in [-0.4, -0.2) is 13.1 Å². The maximum absolute atomic E-state index is 2.25. The number of rotatable bonds is 0. The van der Waals surface area contributed by atoms with Crippen molar-refractivity contribution in [3.8, 4) is 0 Å². The molecule has 0 spiro atoms. The zero-order chi connectivity index (χ0) is 3.54. The molecule has 2 N–H and O–H groups in total. The van der Waals surface area contributed by atoms with Crippen molar-refractivity contribution in [1.82, 2.24) is 0 Å². The Morgan fingerprint density at radius 3 is 2.00 bits per heavy atom. The fraction of sp³-hybridized carbons (Fsp3) is 0.500. The molecule has 0 aliphatic carbocycles. The van der Waals surface area contributed by atoms with E-state index in [1.807, 2.05) is 0 Å². The van der Waals surface area contributed by atoms with Gasteiger partial charge in [0.05, 0.1) is 13.1 Å². The Kier molecular flexibility index (Phi) is 0.711. The summed E-state index contributed by atoms with van der Waals surface area (Å²) in [6.07, 6.45) is 4.36. The van der Waals surface area contributed by atoms with E-state index in [2.05, 4.69) is 17.5 Å². The van der Waals surface area contributed by atoms with Gasteiger partial charge in [0.25, 0.3) is 0 Å². The van der Waals surface area contributed by atoms with E-state index in [4.69, 9.17) is 0 Å². The molecule has 5 heavy (non-hydrogen) atoms. The molecule has 0 radical (unpaired) electrons. The topological polar surface area (TPSA) is 16.6 Å². The zero-order valence-corrected chi connectivity index (χ0v) is 3.15. The second-order valence-corrected chi connectivity index (χ2v) is 1.23. The summed E-state index contributed by atoms with van der Waals surface area (Å²) < 4.78 is 0. The molecule has 0 bridgehead atoms. The highest BCUT2D eigenvalue weighted by Gasteiger charge is 1.86. The molecular formula is C4H8N+. The van der Waals surface area contributed by atoms with Crippen LogP contribution in [0.4, 0.5) is 0 Å². The molecule has 0 atom stereocenters. The molecule has 0 amide bonds.